The summed E-state index contributed by atoms with van der Waals surface area (Å²) in [5.74, 6) is 0. The van der Waals surface area contributed by atoms with E-state index in [-0.39, 0.29) is 0 Å². The van der Waals surface area contributed by atoms with Gasteiger partial charge in [0, 0.05) is 6.20 Å². The zero-order valence-corrected chi connectivity index (χ0v) is 9.80. The fourth-order valence-electron chi connectivity index (χ4n) is 2.07. The third-order valence-electron chi connectivity index (χ3n) is 3.09. The summed E-state index contributed by atoms with van der Waals surface area (Å²) >= 11 is 0. The monoisotopic (exact) mass is 222 g/mol. The fourth-order valence-corrected chi connectivity index (χ4v) is 2.07. The lowest BCUT2D eigenvalue weighted by Crippen LogP contribution is -2.25. The zero-order chi connectivity index (χ0) is 12.1. The van der Waals surface area contributed by atoms with Gasteiger partial charge in [0.15, 0.2) is 0 Å². The van der Waals surface area contributed by atoms with E-state index < -0.39 is 5.41 Å². The second-order valence-corrected chi connectivity index (χ2v) is 3.95. The van der Waals surface area contributed by atoms with Crippen molar-refractivity contribution in [3.8, 4) is 6.07 Å². The first kappa shape index (κ1) is 11.3. The molecule has 0 fully saturated rings. The van der Waals surface area contributed by atoms with E-state index in [1.807, 2.05) is 55.5 Å². The Morgan fingerprint density at radius 1 is 1.12 bits per heavy atom. The van der Waals surface area contributed by atoms with Crippen LogP contribution in [-0.2, 0) is 5.41 Å². The average Bonchev–Trinajstić information content (AvgIpc) is 2.43. The molecule has 2 nitrogen and oxygen atoms in total. The first-order valence-electron chi connectivity index (χ1n) is 5.72. The molecule has 0 amide bonds. The molecule has 0 saturated heterocycles. The van der Waals surface area contributed by atoms with Gasteiger partial charge in [-0.2, -0.15) is 5.26 Å². The van der Waals surface area contributed by atoms with Crippen molar-refractivity contribution in [1.82, 2.24) is 4.98 Å². The highest BCUT2D eigenvalue weighted by Gasteiger charge is 2.33. The number of nitrogens with zero attached hydrogens (tertiary/aromatic N) is 2. The van der Waals surface area contributed by atoms with Crippen molar-refractivity contribution in [2.75, 3.05) is 0 Å². The van der Waals surface area contributed by atoms with Crippen LogP contribution in [0.25, 0.3) is 0 Å². The Hall–Kier alpha value is -2.14. The molecule has 2 aromatic rings. The molecule has 0 bridgehead atoms. The molecular weight excluding hydrogens is 208 g/mol. The van der Waals surface area contributed by atoms with Gasteiger partial charge in [-0.15, -0.1) is 0 Å². The van der Waals surface area contributed by atoms with Crippen LogP contribution in [0.15, 0.2) is 54.7 Å². The van der Waals surface area contributed by atoms with Gasteiger partial charge >= 0.3 is 0 Å². The third kappa shape index (κ3) is 1.92. The van der Waals surface area contributed by atoms with Crippen molar-refractivity contribution in [3.05, 3.63) is 66.0 Å². The van der Waals surface area contributed by atoms with E-state index in [1.54, 1.807) is 6.20 Å². The molecule has 2 heteroatoms. The van der Waals surface area contributed by atoms with Gasteiger partial charge in [-0.05, 0) is 24.1 Å². The topological polar surface area (TPSA) is 36.7 Å². The minimum absolute atomic E-state index is 0.636. The Morgan fingerprint density at radius 3 is 2.35 bits per heavy atom. The molecule has 0 radical (unpaired) electrons. The summed E-state index contributed by atoms with van der Waals surface area (Å²) in [7, 11) is 0. The van der Waals surface area contributed by atoms with Gasteiger partial charge in [0.25, 0.3) is 0 Å². The Labute approximate surface area is 102 Å². The second-order valence-electron chi connectivity index (χ2n) is 3.95. The van der Waals surface area contributed by atoms with Gasteiger partial charge in [0.05, 0.1) is 11.8 Å². The smallest absolute Gasteiger partial charge is 0.124 e. The van der Waals surface area contributed by atoms with Crippen LogP contribution in [0.1, 0.15) is 24.6 Å². The van der Waals surface area contributed by atoms with Crippen LogP contribution in [0, 0.1) is 11.3 Å². The first-order chi connectivity index (χ1) is 8.33. The van der Waals surface area contributed by atoms with Gasteiger partial charge in [0.2, 0.25) is 0 Å². The van der Waals surface area contributed by atoms with Crippen LogP contribution in [0.4, 0.5) is 0 Å². The summed E-state index contributed by atoms with van der Waals surface area (Å²) < 4.78 is 0. The van der Waals surface area contributed by atoms with E-state index in [0.717, 1.165) is 11.3 Å². The SMILES string of the molecule is CCC(C#N)(c1ccccc1)c1ccccn1. The maximum Gasteiger partial charge on any atom is 0.124 e. The van der Waals surface area contributed by atoms with Gasteiger partial charge in [-0.3, -0.25) is 4.98 Å². The summed E-state index contributed by atoms with van der Waals surface area (Å²) in [6.07, 6.45) is 2.45. The molecule has 0 aliphatic rings. The van der Waals surface area contributed by atoms with E-state index in [1.165, 1.54) is 0 Å². The maximum absolute atomic E-state index is 9.59. The molecule has 17 heavy (non-hydrogen) atoms. The van der Waals surface area contributed by atoms with E-state index in [2.05, 4.69) is 11.1 Å². The number of hydrogen-bond donors (Lipinski definition) is 0. The highest BCUT2D eigenvalue weighted by atomic mass is 14.7. The summed E-state index contributed by atoms with van der Waals surface area (Å²) in [5.41, 5.74) is 1.18. The molecule has 0 aliphatic carbocycles. The Kier molecular flexibility index (Phi) is 3.20. The molecule has 0 spiro atoms. The quantitative estimate of drug-likeness (QED) is 0.799. The van der Waals surface area contributed by atoms with Crippen molar-refractivity contribution in [1.29, 1.82) is 5.26 Å². The average molecular weight is 222 g/mol. The molecule has 2 rings (SSSR count). The molecule has 0 saturated carbocycles. The van der Waals surface area contributed by atoms with E-state index in [0.29, 0.717) is 6.42 Å². The number of benzene rings is 1. The molecule has 1 aromatic heterocycles. The van der Waals surface area contributed by atoms with Crippen molar-refractivity contribution in [2.45, 2.75) is 18.8 Å². The van der Waals surface area contributed by atoms with Crippen LogP contribution >= 0.6 is 0 Å². The maximum atomic E-state index is 9.59. The summed E-state index contributed by atoms with van der Waals surface area (Å²) in [6.45, 7) is 2.02. The van der Waals surface area contributed by atoms with E-state index in [9.17, 15) is 5.26 Å². The zero-order valence-electron chi connectivity index (χ0n) is 9.80. The summed E-state index contributed by atoms with van der Waals surface area (Å²) in [4.78, 5) is 4.35. The number of hydrogen-bond acceptors (Lipinski definition) is 2. The number of rotatable bonds is 3. The molecule has 0 aliphatic heterocycles. The molecule has 1 aromatic carbocycles. The highest BCUT2D eigenvalue weighted by Crippen LogP contribution is 2.33. The van der Waals surface area contributed by atoms with Crippen molar-refractivity contribution >= 4 is 0 Å². The lowest BCUT2D eigenvalue weighted by molar-refractivity contribution is 0.611. The van der Waals surface area contributed by atoms with Crippen LogP contribution in [0.5, 0.6) is 0 Å². The molecule has 1 atom stereocenters. The second kappa shape index (κ2) is 4.80. The van der Waals surface area contributed by atoms with Crippen LogP contribution in [0.2, 0.25) is 0 Å². The van der Waals surface area contributed by atoms with Crippen molar-refractivity contribution in [2.24, 2.45) is 0 Å². The highest BCUT2D eigenvalue weighted by molar-refractivity contribution is 5.42. The predicted octanol–water partition coefficient (Wildman–Crippen LogP) is 3.30. The fraction of sp³-hybridized carbons (Fsp3) is 0.200. The van der Waals surface area contributed by atoms with Crippen molar-refractivity contribution < 1.29 is 0 Å². The minimum atomic E-state index is -0.636. The van der Waals surface area contributed by atoms with E-state index in [4.69, 9.17) is 0 Å². The van der Waals surface area contributed by atoms with Crippen LogP contribution in [-0.4, -0.2) is 4.98 Å². The van der Waals surface area contributed by atoms with Crippen molar-refractivity contribution in [3.63, 3.8) is 0 Å². The summed E-state index contributed by atoms with van der Waals surface area (Å²) in [5, 5.41) is 9.59. The van der Waals surface area contributed by atoms with Gasteiger partial charge < -0.3 is 0 Å². The van der Waals surface area contributed by atoms with Crippen LogP contribution < -0.4 is 0 Å². The lowest BCUT2D eigenvalue weighted by atomic mass is 9.76. The number of pyridine rings is 1. The standard InChI is InChI=1S/C15H14N2/c1-2-15(12-16,13-8-4-3-5-9-13)14-10-6-7-11-17-14/h3-11H,2H2,1H3. The Morgan fingerprint density at radius 2 is 1.82 bits per heavy atom. The number of nitriles is 1. The largest absolute Gasteiger partial charge is 0.259 e. The Bertz CT molecular complexity index is 472. The molecule has 1 heterocycles. The summed E-state index contributed by atoms with van der Waals surface area (Å²) in [6, 6.07) is 18.0. The molecule has 84 valence electrons. The number of aromatic nitrogens is 1. The molecule has 0 N–H and O–H groups in total. The van der Waals surface area contributed by atoms with Gasteiger partial charge in [-0.1, -0.05) is 43.3 Å². The third-order valence-corrected chi connectivity index (χ3v) is 3.09. The first-order valence-corrected chi connectivity index (χ1v) is 5.72. The molecular formula is C15H14N2. The van der Waals surface area contributed by atoms with Gasteiger partial charge in [-0.25, -0.2) is 0 Å². The predicted molar refractivity (Wildman–Crippen MR) is 67.4 cm³/mol. The molecule has 1 unspecified atom stereocenters. The van der Waals surface area contributed by atoms with Crippen LogP contribution in [0.3, 0.4) is 0 Å². The van der Waals surface area contributed by atoms with E-state index >= 15 is 0 Å². The van der Waals surface area contributed by atoms with Gasteiger partial charge in [0.1, 0.15) is 5.41 Å². The Balaban J connectivity index is 2.60. The minimum Gasteiger partial charge on any atom is -0.259 e. The normalized spacial score (nSPS) is 13.6. The lowest BCUT2D eigenvalue weighted by Gasteiger charge is -2.24.